The number of carbonyl (C=O) groups excluding carboxylic acids is 1. The zero-order chi connectivity index (χ0) is 30.1. The predicted molar refractivity (Wildman–Crippen MR) is 155 cm³/mol. The van der Waals surface area contributed by atoms with Gasteiger partial charge in [-0.25, -0.2) is 35.5 Å². The van der Waals surface area contributed by atoms with Gasteiger partial charge in [0, 0.05) is 58.8 Å². The smallest absolute Gasteiger partial charge is 0.307 e. The molecule has 1 aliphatic carbocycles. The summed E-state index contributed by atoms with van der Waals surface area (Å²) >= 11 is 0. The molecule has 0 unspecified atom stereocenters. The van der Waals surface area contributed by atoms with Crippen molar-refractivity contribution in [3.63, 3.8) is 0 Å². The molecule has 2 fully saturated rings. The van der Waals surface area contributed by atoms with E-state index >= 15 is 0 Å². The van der Waals surface area contributed by atoms with Gasteiger partial charge in [-0.2, -0.15) is 4.31 Å². The fourth-order valence-corrected chi connectivity index (χ4v) is 6.64. The number of sulfonamides is 2. The maximum Gasteiger partial charge on any atom is 0.307 e. The van der Waals surface area contributed by atoms with Crippen LogP contribution in [-0.2, 0) is 24.8 Å². The molecule has 0 bridgehead atoms. The molecule has 1 heterocycles. The van der Waals surface area contributed by atoms with Gasteiger partial charge < -0.3 is 4.90 Å². The third-order valence-electron chi connectivity index (χ3n) is 7.29. The van der Waals surface area contributed by atoms with Gasteiger partial charge in [-0.1, -0.05) is 18.2 Å². The Bertz CT molecular complexity index is 1510. The number of benzene rings is 2. The largest absolute Gasteiger partial charge is 0.350 e. The van der Waals surface area contributed by atoms with Crippen molar-refractivity contribution in [1.82, 2.24) is 18.5 Å². The Balaban J connectivity index is 1.67. The summed E-state index contributed by atoms with van der Waals surface area (Å²) in [6, 6.07) is 11.9. The highest BCUT2D eigenvalue weighted by atomic mass is 32.2. The number of hydrogen-bond acceptors (Lipinski definition) is 7. The normalized spacial score (nSPS) is 19.8. The molecule has 41 heavy (non-hydrogen) atoms. The van der Waals surface area contributed by atoms with Gasteiger partial charge in [0.1, 0.15) is 5.82 Å². The molecular weight excluding hydrogens is 571 g/mol. The van der Waals surface area contributed by atoms with Crippen molar-refractivity contribution >= 4 is 37.5 Å². The molecule has 2 aromatic rings. The number of carbonyl (C=O) groups is 1. The van der Waals surface area contributed by atoms with Crippen LogP contribution in [0.2, 0.25) is 0 Å². The van der Waals surface area contributed by atoms with Crippen LogP contribution in [0.15, 0.2) is 66.1 Å². The van der Waals surface area contributed by atoms with E-state index in [1.807, 2.05) is 0 Å². The maximum atomic E-state index is 14.0. The van der Waals surface area contributed by atoms with Crippen molar-refractivity contribution in [3.05, 3.63) is 72.6 Å². The molecule has 2 atom stereocenters. The van der Waals surface area contributed by atoms with Crippen LogP contribution in [-0.4, -0.2) is 106 Å². The van der Waals surface area contributed by atoms with Crippen LogP contribution in [0.25, 0.3) is 0 Å². The quantitative estimate of drug-likeness (QED) is 0.200. The lowest BCUT2D eigenvalue weighted by Gasteiger charge is -2.39. The van der Waals surface area contributed by atoms with Crippen molar-refractivity contribution in [3.8, 4) is 0 Å². The summed E-state index contributed by atoms with van der Waals surface area (Å²) < 4.78 is 65.1. The third-order valence-corrected chi connectivity index (χ3v) is 10.4. The Labute approximate surface area is 241 Å². The number of nitrogens with one attached hydrogen (secondary N) is 1. The molecule has 11 nitrogen and oxygen atoms in total. The second-order valence-electron chi connectivity index (χ2n) is 10.3. The average molecular weight is 607 g/mol. The van der Waals surface area contributed by atoms with Gasteiger partial charge in [-0.3, -0.25) is 10.2 Å². The third kappa shape index (κ3) is 6.67. The van der Waals surface area contributed by atoms with E-state index in [0.717, 1.165) is 16.1 Å². The fourth-order valence-electron chi connectivity index (χ4n) is 4.91. The van der Waals surface area contributed by atoms with Gasteiger partial charge in [0.25, 0.3) is 0 Å². The van der Waals surface area contributed by atoms with Crippen LogP contribution in [0.4, 0.5) is 10.1 Å². The van der Waals surface area contributed by atoms with E-state index in [4.69, 9.17) is 5.41 Å². The number of halogens is 1. The molecule has 222 valence electrons. The topological polar surface area (TPSA) is 125 Å². The Morgan fingerprint density at radius 3 is 2.12 bits per heavy atom. The standard InChI is InChI=1S/C27H35FN6O5S2/c1-5-14-33(25-19-24(25)20-6-8-21(28)9-7-20)34(22-10-12-23(13-11-22)41(38,39)30(2)3)27(35)26(29)31-15-17-32(18-16-31)40(4,36)37/h5-13,24-25,29H,1,14-19H2,2-4H3/t24-,25+/m0/s1. The lowest BCUT2D eigenvalue weighted by molar-refractivity contribution is -0.116. The zero-order valence-corrected chi connectivity index (χ0v) is 24.9. The number of piperazine rings is 1. The Kier molecular flexibility index (Phi) is 8.99. The van der Waals surface area contributed by atoms with E-state index in [1.165, 1.54) is 59.8 Å². The van der Waals surface area contributed by atoms with E-state index in [2.05, 4.69) is 6.58 Å². The molecular formula is C27H35FN6O5S2. The fraction of sp³-hybridized carbons (Fsp3) is 0.407. The summed E-state index contributed by atoms with van der Waals surface area (Å²) in [6.07, 6.45) is 3.44. The van der Waals surface area contributed by atoms with E-state index in [-0.39, 0.29) is 61.2 Å². The van der Waals surface area contributed by atoms with Crippen LogP contribution >= 0.6 is 0 Å². The summed E-state index contributed by atoms with van der Waals surface area (Å²) in [7, 11) is -4.24. The Hall–Kier alpha value is -3.17. The average Bonchev–Trinajstić information content (AvgIpc) is 3.73. The molecule has 2 aliphatic rings. The first-order valence-electron chi connectivity index (χ1n) is 13.0. The van der Waals surface area contributed by atoms with Crippen LogP contribution in [0.5, 0.6) is 0 Å². The van der Waals surface area contributed by atoms with Crippen LogP contribution in [0.3, 0.4) is 0 Å². The molecule has 1 amide bonds. The number of anilines is 1. The summed E-state index contributed by atoms with van der Waals surface area (Å²) in [5, 5.41) is 11.9. The van der Waals surface area contributed by atoms with Gasteiger partial charge in [-0.05, 0) is 48.4 Å². The first kappa shape index (κ1) is 30.8. The minimum Gasteiger partial charge on any atom is -0.350 e. The molecule has 0 spiro atoms. The molecule has 2 aromatic carbocycles. The van der Waals surface area contributed by atoms with Gasteiger partial charge in [-0.15, -0.1) is 6.58 Å². The molecule has 0 radical (unpaired) electrons. The highest BCUT2D eigenvalue weighted by Crippen LogP contribution is 2.46. The van der Waals surface area contributed by atoms with Crippen molar-refractivity contribution in [1.29, 1.82) is 5.41 Å². The molecule has 4 rings (SSSR count). The Morgan fingerprint density at radius 2 is 1.61 bits per heavy atom. The van der Waals surface area contributed by atoms with Gasteiger partial charge in [0.15, 0.2) is 5.84 Å². The van der Waals surface area contributed by atoms with Crippen LogP contribution in [0, 0.1) is 11.2 Å². The van der Waals surface area contributed by atoms with Crippen molar-refractivity contribution < 1.29 is 26.0 Å². The molecule has 1 saturated carbocycles. The van der Waals surface area contributed by atoms with Crippen LogP contribution < -0.4 is 5.01 Å². The number of hydrogen-bond donors (Lipinski definition) is 1. The molecule has 14 heteroatoms. The van der Waals surface area contributed by atoms with Gasteiger partial charge in [0.2, 0.25) is 20.0 Å². The molecule has 1 aliphatic heterocycles. The summed E-state index contributed by atoms with van der Waals surface area (Å²) in [5.41, 5.74) is 1.27. The number of hydrazine groups is 1. The second kappa shape index (κ2) is 12.0. The summed E-state index contributed by atoms with van der Waals surface area (Å²) in [4.78, 5) is 15.6. The molecule has 1 N–H and O–H groups in total. The highest BCUT2D eigenvalue weighted by Gasteiger charge is 2.47. The van der Waals surface area contributed by atoms with Crippen LogP contribution in [0.1, 0.15) is 17.9 Å². The van der Waals surface area contributed by atoms with Crippen molar-refractivity contribution in [2.24, 2.45) is 0 Å². The monoisotopic (exact) mass is 606 g/mol. The summed E-state index contributed by atoms with van der Waals surface area (Å²) in [5.74, 6) is -1.29. The Morgan fingerprint density at radius 1 is 1.02 bits per heavy atom. The van der Waals surface area contributed by atoms with E-state index in [0.29, 0.717) is 12.1 Å². The SMILES string of the molecule is C=CCN([C@@H]1C[C@H]1c1ccc(F)cc1)N(C(=O)C(=N)N1CCN(S(C)(=O)=O)CC1)c1ccc(S(=O)(=O)N(C)C)cc1. The van der Waals surface area contributed by atoms with E-state index in [9.17, 15) is 26.0 Å². The first-order chi connectivity index (χ1) is 19.3. The predicted octanol–water partition coefficient (Wildman–Crippen LogP) is 1.92. The number of amidine groups is 1. The van der Waals surface area contributed by atoms with Gasteiger partial charge >= 0.3 is 5.91 Å². The first-order valence-corrected chi connectivity index (χ1v) is 16.3. The lowest BCUT2D eigenvalue weighted by Crippen LogP contribution is -2.57. The van der Waals surface area contributed by atoms with Crippen molar-refractivity contribution in [2.45, 2.75) is 23.3 Å². The lowest BCUT2D eigenvalue weighted by atomic mass is 10.1. The van der Waals surface area contributed by atoms with E-state index in [1.54, 1.807) is 28.1 Å². The second-order valence-corrected chi connectivity index (χ2v) is 14.4. The number of rotatable bonds is 9. The van der Waals surface area contributed by atoms with Crippen molar-refractivity contribution in [2.75, 3.05) is 58.1 Å². The minimum absolute atomic E-state index is 0.00623. The number of amides is 1. The highest BCUT2D eigenvalue weighted by molar-refractivity contribution is 7.89. The maximum absolute atomic E-state index is 14.0. The summed E-state index contributed by atoms with van der Waals surface area (Å²) in [6.45, 7) is 4.75. The van der Waals surface area contributed by atoms with E-state index < -0.39 is 26.0 Å². The zero-order valence-electron chi connectivity index (χ0n) is 23.3. The molecule has 1 saturated heterocycles. The minimum atomic E-state index is -3.71. The van der Waals surface area contributed by atoms with Gasteiger partial charge in [0.05, 0.1) is 16.8 Å². The number of nitrogens with zero attached hydrogens (tertiary/aromatic N) is 5. The molecule has 0 aromatic heterocycles.